The Morgan fingerprint density at radius 2 is 1.67 bits per heavy atom. The number of allylic oxidation sites excluding steroid dienone is 1. The van der Waals surface area contributed by atoms with E-state index < -0.39 is 0 Å². The van der Waals surface area contributed by atoms with Gasteiger partial charge in [-0.25, -0.2) is 4.98 Å². The number of hydrogen-bond donors (Lipinski definition) is 0. The normalized spacial score (nSPS) is 15.8. The van der Waals surface area contributed by atoms with Crippen LogP contribution in [-0.2, 0) is 13.0 Å². The van der Waals surface area contributed by atoms with Crippen LogP contribution in [0, 0.1) is 0 Å². The van der Waals surface area contributed by atoms with Gasteiger partial charge in [-0.3, -0.25) is 9.69 Å². The Morgan fingerprint density at radius 3 is 2.40 bits per heavy atom. The molecule has 0 bridgehead atoms. The SMILES string of the molecule is COc1cc(/C=C2/CCCc3c2nc2ccccc2c3C(=O)N2CCN(Cc3ccc(-c4cccc(Br)c4)s3)CC2)cc(OC)c1OC. The minimum atomic E-state index is 0.103. The lowest BCUT2D eigenvalue weighted by molar-refractivity contribution is 0.0630. The fourth-order valence-electron chi connectivity index (χ4n) is 6.85. The summed E-state index contributed by atoms with van der Waals surface area (Å²) in [5.41, 5.74) is 6.87. The molecule has 3 heterocycles. The monoisotopic (exact) mass is 723 g/mol. The number of ether oxygens (including phenoxy) is 3. The Kier molecular flexibility index (Phi) is 9.52. The number of para-hydroxylation sites is 1. The maximum Gasteiger partial charge on any atom is 0.254 e. The third-order valence-electron chi connectivity index (χ3n) is 9.22. The van der Waals surface area contributed by atoms with Crippen LogP contribution >= 0.6 is 27.3 Å². The van der Waals surface area contributed by atoms with Crippen molar-refractivity contribution in [1.82, 2.24) is 14.8 Å². The third-order valence-corrected chi connectivity index (χ3v) is 10.8. The number of piperazine rings is 1. The molecule has 7 nitrogen and oxygen atoms in total. The van der Waals surface area contributed by atoms with Gasteiger partial charge < -0.3 is 19.1 Å². The molecule has 0 spiro atoms. The van der Waals surface area contributed by atoms with E-state index in [0.29, 0.717) is 30.3 Å². The van der Waals surface area contributed by atoms with Crippen molar-refractivity contribution in [1.29, 1.82) is 0 Å². The van der Waals surface area contributed by atoms with E-state index in [1.54, 1.807) is 21.3 Å². The van der Waals surface area contributed by atoms with Gasteiger partial charge in [0, 0.05) is 52.3 Å². The molecule has 1 aliphatic carbocycles. The first kappa shape index (κ1) is 32.4. The van der Waals surface area contributed by atoms with Crippen molar-refractivity contribution in [3.63, 3.8) is 0 Å². The molecule has 0 radical (unpaired) electrons. The zero-order valence-electron chi connectivity index (χ0n) is 27.4. The van der Waals surface area contributed by atoms with Gasteiger partial charge in [0.1, 0.15) is 0 Å². The Labute approximate surface area is 293 Å². The lowest BCUT2D eigenvalue weighted by atomic mass is 9.85. The number of halogens is 1. The summed E-state index contributed by atoms with van der Waals surface area (Å²) >= 11 is 5.43. The first-order valence-electron chi connectivity index (χ1n) is 16.2. The van der Waals surface area contributed by atoms with Crippen LogP contribution in [0.3, 0.4) is 0 Å². The highest BCUT2D eigenvalue weighted by Gasteiger charge is 2.30. The van der Waals surface area contributed by atoms with Crippen molar-refractivity contribution in [3.05, 3.63) is 105 Å². The smallest absolute Gasteiger partial charge is 0.254 e. The number of methoxy groups -OCH3 is 3. The van der Waals surface area contributed by atoms with E-state index in [9.17, 15) is 4.79 Å². The van der Waals surface area contributed by atoms with Crippen LogP contribution in [0.4, 0.5) is 0 Å². The molecule has 1 amide bonds. The molecular formula is C39H38BrN3O4S. The Hall–Kier alpha value is -4.18. The molecule has 5 aromatic rings. The highest BCUT2D eigenvalue weighted by atomic mass is 79.9. The van der Waals surface area contributed by atoms with Gasteiger partial charge in [0.15, 0.2) is 11.5 Å². The summed E-state index contributed by atoms with van der Waals surface area (Å²) in [6.45, 7) is 3.97. The Balaban J connectivity index is 1.14. The maximum absolute atomic E-state index is 14.5. The topological polar surface area (TPSA) is 64.1 Å². The third kappa shape index (κ3) is 6.46. The van der Waals surface area contributed by atoms with Crippen LogP contribution in [0.2, 0.25) is 0 Å². The number of benzene rings is 3. The van der Waals surface area contributed by atoms with Crippen molar-refractivity contribution in [2.45, 2.75) is 25.8 Å². The summed E-state index contributed by atoms with van der Waals surface area (Å²) < 4.78 is 17.8. The summed E-state index contributed by atoms with van der Waals surface area (Å²) in [7, 11) is 4.85. The number of fused-ring (bicyclic) bond motifs is 2. The zero-order valence-corrected chi connectivity index (χ0v) is 29.8. The van der Waals surface area contributed by atoms with Crippen molar-refractivity contribution in [2.24, 2.45) is 0 Å². The van der Waals surface area contributed by atoms with Gasteiger partial charge in [0.2, 0.25) is 5.75 Å². The zero-order chi connectivity index (χ0) is 33.2. The fourth-order valence-corrected chi connectivity index (χ4v) is 8.30. The minimum absolute atomic E-state index is 0.103. The molecule has 2 aromatic heterocycles. The van der Waals surface area contributed by atoms with Gasteiger partial charge in [-0.1, -0.05) is 46.3 Å². The van der Waals surface area contributed by atoms with E-state index in [1.807, 2.05) is 52.6 Å². The maximum atomic E-state index is 14.5. The molecule has 0 saturated carbocycles. The predicted octanol–water partition coefficient (Wildman–Crippen LogP) is 8.59. The molecule has 48 heavy (non-hydrogen) atoms. The molecule has 1 fully saturated rings. The summed E-state index contributed by atoms with van der Waals surface area (Å²) in [6, 6.07) is 24.8. The second-order valence-electron chi connectivity index (χ2n) is 12.2. The second kappa shape index (κ2) is 14.1. The molecule has 7 rings (SSSR count). The number of hydrogen-bond acceptors (Lipinski definition) is 7. The van der Waals surface area contributed by atoms with Crippen LogP contribution in [0.15, 0.2) is 77.3 Å². The van der Waals surface area contributed by atoms with Gasteiger partial charge in [-0.15, -0.1) is 11.3 Å². The van der Waals surface area contributed by atoms with Crippen LogP contribution < -0.4 is 14.2 Å². The van der Waals surface area contributed by atoms with Crippen molar-refractivity contribution in [2.75, 3.05) is 47.5 Å². The fraction of sp³-hybridized carbons (Fsp3) is 0.282. The first-order valence-corrected chi connectivity index (χ1v) is 17.9. The molecule has 0 N–H and O–H groups in total. The average molecular weight is 725 g/mol. The molecule has 0 unspecified atom stereocenters. The van der Waals surface area contributed by atoms with Gasteiger partial charge in [0.25, 0.3) is 5.91 Å². The number of nitrogens with zero attached hydrogens (tertiary/aromatic N) is 3. The quantitative estimate of drug-likeness (QED) is 0.160. The lowest BCUT2D eigenvalue weighted by Gasteiger charge is -2.35. The second-order valence-corrected chi connectivity index (χ2v) is 14.2. The first-order chi connectivity index (χ1) is 23.4. The van der Waals surface area contributed by atoms with Gasteiger partial charge >= 0.3 is 0 Å². The van der Waals surface area contributed by atoms with E-state index in [0.717, 1.165) is 82.2 Å². The van der Waals surface area contributed by atoms with Crippen LogP contribution in [0.1, 0.15) is 44.9 Å². The summed E-state index contributed by atoms with van der Waals surface area (Å²) in [6.07, 6.45) is 4.77. The summed E-state index contributed by atoms with van der Waals surface area (Å²) in [5.74, 6) is 1.87. The number of carbonyl (C=O) groups excluding carboxylic acids is 1. The number of thiophene rings is 1. The van der Waals surface area contributed by atoms with E-state index in [-0.39, 0.29) is 5.91 Å². The molecule has 246 valence electrons. The van der Waals surface area contributed by atoms with Crippen LogP contribution in [-0.4, -0.2) is 68.2 Å². The van der Waals surface area contributed by atoms with E-state index >= 15 is 0 Å². The molecule has 1 saturated heterocycles. The van der Waals surface area contributed by atoms with Crippen LogP contribution in [0.5, 0.6) is 17.2 Å². The summed E-state index contributed by atoms with van der Waals surface area (Å²) in [5, 5.41) is 0.927. The molecule has 9 heteroatoms. The standard InChI is InChI=1S/C39H38BrN3O4S/c1-45-33-21-25(22-34(46-2)38(33)47-3)20-27-9-7-12-31-36(30-11-4-5-13-32(30)41-37(27)31)39(44)43-18-16-42(17-19-43)24-29-14-15-35(48-29)26-8-6-10-28(40)23-26/h4-6,8,10-11,13-15,20-23H,7,9,12,16-19,24H2,1-3H3/b27-20-. The number of aromatic nitrogens is 1. The lowest BCUT2D eigenvalue weighted by Crippen LogP contribution is -2.48. The molecule has 3 aromatic carbocycles. The highest BCUT2D eigenvalue weighted by molar-refractivity contribution is 9.10. The average Bonchev–Trinajstić information content (AvgIpc) is 3.59. The van der Waals surface area contributed by atoms with Crippen molar-refractivity contribution < 1.29 is 19.0 Å². The number of amides is 1. The number of rotatable bonds is 8. The predicted molar refractivity (Wildman–Crippen MR) is 197 cm³/mol. The Morgan fingerprint density at radius 1 is 0.896 bits per heavy atom. The molecule has 2 aliphatic rings. The molecule has 1 aliphatic heterocycles. The van der Waals surface area contributed by atoms with Gasteiger partial charge in [-0.05, 0) is 90.1 Å². The van der Waals surface area contributed by atoms with E-state index in [2.05, 4.69) is 63.3 Å². The highest BCUT2D eigenvalue weighted by Crippen LogP contribution is 2.41. The Bertz CT molecular complexity index is 1990. The van der Waals surface area contributed by atoms with Crippen molar-refractivity contribution >= 4 is 55.7 Å². The van der Waals surface area contributed by atoms with E-state index in [1.165, 1.54) is 15.3 Å². The number of pyridine rings is 1. The molecular weight excluding hydrogens is 686 g/mol. The summed E-state index contributed by atoms with van der Waals surface area (Å²) in [4.78, 5) is 26.7. The minimum Gasteiger partial charge on any atom is -0.493 e. The van der Waals surface area contributed by atoms with Gasteiger partial charge in [0.05, 0.1) is 38.1 Å². The van der Waals surface area contributed by atoms with Gasteiger partial charge in [-0.2, -0.15) is 0 Å². The van der Waals surface area contributed by atoms with E-state index in [4.69, 9.17) is 19.2 Å². The molecule has 0 atom stereocenters. The largest absolute Gasteiger partial charge is 0.493 e. The number of carbonyl (C=O) groups is 1. The van der Waals surface area contributed by atoms with Crippen molar-refractivity contribution in [3.8, 4) is 27.7 Å². The van der Waals surface area contributed by atoms with Crippen LogP contribution in [0.25, 0.3) is 33.0 Å².